The van der Waals surface area contributed by atoms with Crippen LogP contribution in [-0.4, -0.2) is 20.9 Å². The highest BCUT2D eigenvalue weighted by Gasteiger charge is 2.11. The second kappa shape index (κ2) is 8.10. The van der Waals surface area contributed by atoms with Gasteiger partial charge in [0, 0.05) is 16.8 Å². The number of amides is 1. The predicted octanol–water partition coefficient (Wildman–Crippen LogP) is 5.06. The fourth-order valence-corrected chi connectivity index (χ4v) is 3.13. The molecule has 1 heterocycles. The molecule has 1 aromatic heterocycles. The average Bonchev–Trinajstić information content (AvgIpc) is 3.25. The van der Waals surface area contributed by atoms with Crippen LogP contribution in [0.25, 0.3) is 16.9 Å². The minimum Gasteiger partial charge on any atom is -0.322 e. The summed E-state index contributed by atoms with van der Waals surface area (Å²) < 4.78 is 1.77. The van der Waals surface area contributed by atoms with E-state index in [2.05, 4.69) is 53.7 Å². The minimum absolute atomic E-state index is 0.141. The molecule has 1 amide bonds. The molecule has 0 atom stereocenters. The minimum atomic E-state index is -0.141. The quantitative estimate of drug-likeness (QED) is 0.525. The van der Waals surface area contributed by atoms with Crippen molar-refractivity contribution >= 4 is 11.6 Å². The maximum absolute atomic E-state index is 12.5. The van der Waals surface area contributed by atoms with Crippen molar-refractivity contribution in [2.75, 3.05) is 5.32 Å². The summed E-state index contributed by atoms with van der Waals surface area (Å²) in [5.74, 6) is -0.141. The lowest BCUT2D eigenvalue weighted by atomic mass is 10.1. The Labute approximate surface area is 170 Å². The molecular formula is C24H22N4O. The highest BCUT2D eigenvalue weighted by Crippen LogP contribution is 2.22. The van der Waals surface area contributed by atoms with E-state index < -0.39 is 0 Å². The molecule has 144 valence electrons. The number of rotatable bonds is 5. The van der Waals surface area contributed by atoms with E-state index in [-0.39, 0.29) is 5.91 Å². The fourth-order valence-electron chi connectivity index (χ4n) is 3.13. The highest BCUT2D eigenvalue weighted by molar-refractivity contribution is 6.04. The summed E-state index contributed by atoms with van der Waals surface area (Å²) in [4.78, 5) is 12.5. The van der Waals surface area contributed by atoms with Crippen LogP contribution in [0.1, 0.15) is 28.4 Å². The van der Waals surface area contributed by atoms with Crippen LogP contribution < -0.4 is 5.32 Å². The van der Waals surface area contributed by atoms with Crippen molar-refractivity contribution in [1.29, 1.82) is 0 Å². The van der Waals surface area contributed by atoms with Crippen LogP contribution in [0.3, 0.4) is 0 Å². The van der Waals surface area contributed by atoms with E-state index in [1.54, 1.807) is 23.0 Å². The van der Waals surface area contributed by atoms with E-state index >= 15 is 0 Å². The van der Waals surface area contributed by atoms with Gasteiger partial charge in [0.25, 0.3) is 5.91 Å². The van der Waals surface area contributed by atoms with Crippen molar-refractivity contribution in [2.45, 2.75) is 20.3 Å². The molecule has 3 aromatic carbocycles. The van der Waals surface area contributed by atoms with Gasteiger partial charge in [-0.1, -0.05) is 54.1 Å². The molecule has 0 saturated carbocycles. The zero-order valence-electron chi connectivity index (χ0n) is 16.5. The Bertz CT molecular complexity index is 1110. The Kier molecular flexibility index (Phi) is 5.20. The van der Waals surface area contributed by atoms with Gasteiger partial charge in [-0.15, -0.1) is 5.10 Å². The van der Waals surface area contributed by atoms with E-state index in [4.69, 9.17) is 0 Å². The summed E-state index contributed by atoms with van der Waals surface area (Å²) in [7, 11) is 0. The lowest BCUT2D eigenvalue weighted by molar-refractivity contribution is 0.102. The molecule has 29 heavy (non-hydrogen) atoms. The maximum atomic E-state index is 12.5. The third kappa shape index (κ3) is 4.09. The monoisotopic (exact) mass is 382 g/mol. The van der Waals surface area contributed by atoms with Crippen LogP contribution in [0.15, 0.2) is 79.0 Å². The Balaban J connectivity index is 1.53. The van der Waals surface area contributed by atoms with Crippen molar-refractivity contribution < 1.29 is 4.79 Å². The smallest absolute Gasteiger partial charge is 0.255 e. The number of carbonyl (C=O) groups is 1. The molecule has 0 fully saturated rings. The van der Waals surface area contributed by atoms with Gasteiger partial charge in [-0.2, -0.15) is 0 Å². The molecule has 0 aliphatic heterocycles. The molecular weight excluding hydrogens is 360 g/mol. The Hall–Kier alpha value is -3.73. The predicted molar refractivity (Wildman–Crippen MR) is 115 cm³/mol. The largest absolute Gasteiger partial charge is 0.322 e. The lowest BCUT2D eigenvalue weighted by Gasteiger charge is -2.09. The van der Waals surface area contributed by atoms with Crippen LogP contribution in [-0.2, 0) is 6.42 Å². The van der Waals surface area contributed by atoms with Gasteiger partial charge in [0.2, 0.25) is 0 Å². The Morgan fingerprint density at radius 2 is 1.62 bits per heavy atom. The van der Waals surface area contributed by atoms with Crippen molar-refractivity contribution in [1.82, 2.24) is 15.0 Å². The molecule has 5 nitrogen and oxygen atoms in total. The van der Waals surface area contributed by atoms with Gasteiger partial charge in [0.15, 0.2) is 0 Å². The number of aromatic nitrogens is 3. The van der Waals surface area contributed by atoms with Gasteiger partial charge in [0.05, 0.1) is 17.6 Å². The summed E-state index contributed by atoms with van der Waals surface area (Å²) in [6, 6.07) is 23.5. The zero-order chi connectivity index (χ0) is 20.2. The van der Waals surface area contributed by atoms with Gasteiger partial charge in [0.1, 0.15) is 0 Å². The molecule has 0 saturated heterocycles. The molecule has 0 aliphatic rings. The van der Waals surface area contributed by atoms with E-state index in [9.17, 15) is 4.79 Å². The summed E-state index contributed by atoms with van der Waals surface area (Å²) in [5.41, 5.74) is 6.61. The Morgan fingerprint density at radius 1 is 0.931 bits per heavy atom. The number of carbonyl (C=O) groups excluding carboxylic acids is 1. The first-order chi connectivity index (χ1) is 14.1. The van der Waals surface area contributed by atoms with Gasteiger partial charge in [-0.3, -0.25) is 4.79 Å². The first kappa shape index (κ1) is 18.6. The van der Waals surface area contributed by atoms with Crippen molar-refractivity contribution in [3.8, 4) is 16.9 Å². The lowest BCUT2D eigenvalue weighted by Crippen LogP contribution is -2.12. The zero-order valence-corrected chi connectivity index (χ0v) is 16.5. The van der Waals surface area contributed by atoms with Crippen LogP contribution in [0.2, 0.25) is 0 Å². The van der Waals surface area contributed by atoms with E-state index in [1.165, 1.54) is 11.1 Å². The van der Waals surface area contributed by atoms with E-state index in [1.807, 2.05) is 36.4 Å². The number of hydrogen-bond acceptors (Lipinski definition) is 3. The van der Waals surface area contributed by atoms with Crippen molar-refractivity contribution in [3.63, 3.8) is 0 Å². The summed E-state index contributed by atoms with van der Waals surface area (Å²) in [5, 5.41) is 11.2. The first-order valence-corrected chi connectivity index (χ1v) is 9.62. The molecule has 0 bridgehead atoms. The van der Waals surface area contributed by atoms with Crippen molar-refractivity contribution in [2.24, 2.45) is 0 Å². The molecule has 4 aromatic rings. The van der Waals surface area contributed by atoms with Gasteiger partial charge >= 0.3 is 0 Å². The van der Waals surface area contributed by atoms with Gasteiger partial charge in [-0.25, -0.2) is 4.68 Å². The second-order valence-electron chi connectivity index (χ2n) is 6.95. The summed E-state index contributed by atoms with van der Waals surface area (Å²) in [6.45, 7) is 4.16. The van der Waals surface area contributed by atoms with Crippen LogP contribution >= 0.6 is 0 Å². The van der Waals surface area contributed by atoms with Gasteiger partial charge < -0.3 is 5.32 Å². The average molecular weight is 382 g/mol. The molecule has 0 spiro atoms. The number of aryl methyl sites for hydroxylation is 2. The normalized spacial score (nSPS) is 10.7. The molecule has 0 aliphatic carbocycles. The van der Waals surface area contributed by atoms with E-state index in [0.717, 1.165) is 29.1 Å². The topological polar surface area (TPSA) is 59.8 Å². The van der Waals surface area contributed by atoms with E-state index in [0.29, 0.717) is 5.56 Å². The van der Waals surface area contributed by atoms with Gasteiger partial charge in [-0.05, 0) is 55.3 Å². The fraction of sp³-hybridized carbons (Fsp3) is 0.125. The standard InChI is InChI=1S/C24H22N4O/c1-3-18-6-12-21(13-7-18)26-24(29)20-10-14-22(15-11-20)28-23(16-25-27-28)19-8-4-17(2)5-9-19/h4-16H,3H2,1-2H3,(H,26,29). The Morgan fingerprint density at radius 3 is 2.28 bits per heavy atom. The summed E-state index contributed by atoms with van der Waals surface area (Å²) >= 11 is 0. The molecule has 4 rings (SSSR count). The first-order valence-electron chi connectivity index (χ1n) is 9.62. The SMILES string of the molecule is CCc1ccc(NC(=O)c2ccc(-n3nncc3-c3ccc(C)cc3)cc2)cc1. The van der Waals surface area contributed by atoms with Crippen LogP contribution in [0.4, 0.5) is 5.69 Å². The third-order valence-corrected chi connectivity index (χ3v) is 4.89. The molecule has 0 radical (unpaired) electrons. The molecule has 5 heteroatoms. The molecule has 1 N–H and O–H groups in total. The second-order valence-corrected chi connectivity index (χ2v) is 6.95. The van der Waals surface area contributed by atoms with Crippen LogP contribution in [0, 0.1) is 6.92 Å². The third-order valence-electron chi connectivity index (χ3n) is 4.89. The summed E-state index contributed by atoms with van der Waals surface area (Å²) in [6.07, 6.45) is 2.72. The van der Waals surface area contributed by atoms with Crippen molar-refractivity contribution in [3.05, 3.63) is 95.7 Å². The number of nitrogens with zero attached hydrogens (tertiary/aromatic N) is 3. The molecule has 0 unspecified atom stereocenters. The maximum Gasteiger partial charge on any atom is 0.255 e. The number of anilines is 1. The van der Waals surface area contributed by atoms with Crippen LogP contribution in [0.5, 0.6) is 0 Å². The highest BCUT2D eigenvalue weighted by atomic mass is 16.1. The number of nitrogens with one attached hydrogen (secondary N) is 1. The number of hydrogen-bond donors (Lipinski definition) is 1. The number of benzene rings is 3.